The van der Waals surface area contributed by atoms with E-state index in [0.717, 1.165) is 25.3 Å². The fourth-order valence-corrected chi connectivity index (χ4v) is 2.05. The number of benzene rings is 1. The molecule has 0 aliphatic rings. The predicted molar refractivity (Wildman–Crippen MR) is 51.2 cm³/mol. The molecule has 1 aromatic rings. The highest BCUT2D eigenvalue weighted by atomic mass is 32.2. The average Bonchev–Trinajstić information content (AvgIpc) is 2.00. The molecule has 1 rings (SSSR count). The number of phenolic OH excluding ortho intramolecular Hbond substituents is 1. The van der Waals surface area contributed by atoms with Gasteiger partial charge in [0.15, 0.2) is 21.4 Å². The summed E-state index contributed by atoms with van der Waals surface area (Å²) in [4.78, 5) is 10.1. The standard InChI is InChI=1S/C9H9FO4S/c1-5(11)6-3-4-7(12)9(8(6)10)15(2,13)14/h3-4,12H,1-2H3. The number of hydrogen-bond donors (Lipinski definition) is 1. The molecule has 6 heteroatoms. The van der Waals surface area contributed by atoms with Crippen LogP contribution in [0.1, 0.15) is 17.3 Å². The highest BCUT2D eigenvalue weighted by Crippen LogP contribution is 2.27. The molecule has 15 heavy (non-hydrogen) atoms. The number of rotatable bonds is 2. The van der Waals surface area contributed by atoms with Crippen molar-refractivity contribution in [1.82, 2.24) is 0 Å². The van der Waals surface area contributed by atoms with E-state index in [1.807, 2.05) is 0 Å². The minimum atomic E-state index is -3.90. The summed E-state index contributed by atoms with van der Waals surface area (Å²) in [5.41, 5.74) is -0.353. The second kappa shape index (κ2) is 3.62. The van der Waals surface area contributed by atoms with E-state index in [1.165, 1.54) is 0 Å². The number of sulfone groups is 1. The molecule has 0 heterocycles. The van der Waals surface area contributed by atoms with Gasteiger partial charge in [-0.05, 0) is 19.1 Å². The fraction of sp³-hybridized carbons (Fsp3) is 0.222. The van der Waals surface area contributed by atoms with E-state index in [2.05, 4.69) is 0 Å². The molecule has 0 saturated heterocycles. The fourth-order valence-electron chi connectivity index (χ4n) is 1.17. The molecule has 0 spiro atoms. The average molecular weight is 232 g/mol. The van der Waals surface area contributed by atoms with Crippen LogP contribution in [0.4, 0.5) is 4.39 Å². The van der Waals surface area contributed by atoms with E-state index in [9.17, 15) is 22.7 Å². The maximum Gasteiger partial charge on any atom is 0.182 e. The number of ketones is 1. The lowest BCUT2D eigenvalue weighted by atomic mass is 10.1. The molecule has 1 N–H and O–H groups in total. The van der Waals surface area contributed by atoms with Crippen molar-refractivity contribution in [2.75, 3.05) is 6.26 Å². The van der Waals surface area contributed by atoms with Gasteiger partial charge < -0.3 is 5.11 Å². The van der Waals surface area contributed by atoms with Crippen LogP contribution in [0.15, 0.2) is 17.0 Å². The van der Waals surface area contributed by atoms with Crippen LogP contribution in [0.3, 0.4) is 0 Å². The number of phenols is 1. The SMILES string of the molecule is CC(=O)c1ccc(O)c(S(C)(=O)=O)c1F. The molecule has 82 valence electrons. The lowest BCUT2D eigenvalue weighted by Crippen LogP contribution is -2.06. The normalized spacial score (nSPS) is 11.4. The Hall–Kier alpha value is -1.43. The molecular weight excluding hydrogens is 223 g/mol. The third-order valence-electron chi connectivity index (χ3n) is 1.83. The van der Waals surface area contributed by atoms with Crippen molar-refractivity contribution < 1.29 is 22.7 Å². The first-order valence-corrected chi connectivity index (χ1v) is 5.86. The number of hydrogen-bond acceptors (Lipinski definition) is 4. The van der Waals surface area contributed by atoms with Gasteiger partial charge in [0.1, 0.15) is 10.6 Å². The van der Waals surface area contributed by atoms with Gasteiger partial charge in [0.05, 0.1) is 5.56 Å². The van der Waals surface area contributed by atoms with Gasteiger partial charge in [-0.15, -0.1) is 0 Å². The van der Waals surface area contributed by atoms with Crippen molar-refractivity contribution in [1.29, 1.82) is 0 Å². The number of carbonyl (C=O) groups is 1. The summed E-state index contributed by atoms with van der Waals surface area (Å²) in [6.07, 6.45) is 0.759. The Kier molecular flexibility index (Phi) is 2.81. The van der Waals surface area contributed by atoms with Gasteiger partial charge in [-0.1, -0.05) is 0 Å². The zero-order chi connectivity index (χ0) is 11.8. The van der Waals surface area contributed by atoms with Crippen molar-refractivity contribution in [2.24, 2.45) is 0 Å². The second-order valence-corrected chi connectivity index (χ2v) is 5.06. The number of carbonyl (C=O) groups excluding carboxylic acids is 1. The number of aromatic hydroxyl groups is 1. The first-order chi connectivity index (χ1) is 6.75. The summed E-state index contributed by atoms with van der Waals surface area (Å²) in [5, 5.41) is 9.20. The van der Waals surface area contributed by atoms with E-state index in [4.69, 9.17) is 0 Å². The Morgan fingerprint density at radius 2 is 1.93 bits per heavy atom. The van der Waals surface area contributed by atoms with E-state index in [1.54, 1.807) is 0 Å². The highest BCUT2D eigenvalue weighted by molar-refractivity contribution is 7.90. The van der Waals surface area contributed by atoms with Crippen molar-refractivity contribution in [3.8, 4) is 5.75 Å². The van der Waals surface area contributed by atoms with Crippen LogP contribution in [-0.2, 0) is 9.84 Å². The molecule has 1 aromatic carbocycles. The summed E-state index contributed by atoms with van der Waals surface area (Å²) in [6, 6.07) is 2.03. The largest absolute Gasteiger partial charge is 0.506 e. The number of Topliss-reactive ketones (excluding diaryl/α,β-unsaturated/α-hetero) is 1. The monoisotopic (exact) mass is 232 g/mol. The van der Waals surface area contributed by atoms with Crippen molar-refractivity contribution in [2.45, 2.75) is 11.8 Å². The summed E-state index contributed by atoms with van der Waals surface area (Å²) < 4.78 is 35.8. The van der Waals surface area contributed by atoms with Crippen LogP contribution in [0.25, 0.3) is 0 Å². The molecule has 4 nitrogen and oxygen atoms in total. The van der Waals surface area contributed by atoms with Gasteiger partial charge in [0.2, 0.25) is 0 Å². The summed E-state index contributed by atoms with van der Waals surface area (Å²) in [5.74, 6) is -2.50. The predicted octanol–water partition coefficient (Wildman–Crippen LogP) is 1.14. The van der Waals surface area contributed by atoms with E-state index < -0.39 is 32.1 Å². The Morgan fingerprint density at radius 3 is 2.33 bits per heavy atom. The van der Waals surface area contributed by atoms with E-state index in [-0.39, 0.29) is 5.56 Å². The first kappa shape index (κ1) is 11.6. The van der Waals surface area contributed by atoms with Crippen LogP contribution in [0, 0.1) is 5.82 Å². The summed E-state index contributed by atoms with van der Waals surface area (Å²) >= 11 is 0. The maximum absolute atomic E-state index is 13.5. The molecule has 0 bridgehead atoms. The van der Waals surface area contributed by atoms with Crippen LogP contribution in [-0.4, -0.2) is 25.6 Å². The molecule has 0 fully saturated rings. The van der Waals surface area contributed by atoms with Crippen LogP contribution >= 0.6 is 0 Å². The minimum Gasteiger partial charge on any atom is -0.506 e. The summed E-state index contributed by atoms with van der Waals surface area (Å²) in [7, 11) is -3.90. The zero-order valence-corrected chi connectivity index (χ0v) is 8.93. The van der Waals surface area contributed by atoms with Crippen LogP contribution < -0.4 is 0 Å². The van der Waals surface area contributed by atoms with Gasteiger partial charge in [-0.25, -0.2) is 12.8 Å². The molecule has 0 aliphatic carbocycles. The van der Waals surface area contributed by atoms with Gasteiger partial charge in [-0.2, -0.15) is 0 Å². The molecule has 0 unspecified atom stereocenters. The Morgan fingerprint density at radius 1 is 1.40 bits per heavy atom. The van der Waals surface area contributed by atoms with Gasteiger partial charge in [-0.3, -0.25) is 4.79 Å². The molecule has 0 aromatic heterocycles. The third kappa shape index (κ3) is 2.15. The smallest absolute Gasteiger partial charge is 0.182 e. The minimum absolute atomic E-state index is 0.353. The van der Waals surface area contributed by atoms with Gasteiger partial charge in [0.25, 0.3) is 0 Å². The topological polar surface area (TPSA) is 71.4 Å². The number of halogens is 1. The second-order valence-electron chi connectivity index (χ2n) is 3.10. The third-order valence-corrected chi connectivity index (χ3v) is 2.96. The van der Waals surface area contributed by atoms with Crippen LogP contribution in [0.2, 0.25) is 0 Å². The summed E-state index contributed by atoms with van der Waals surface area (Å²) in [6.45, 7) is 1.11. The highest BCUT2D eigenvalue weighted by Gasteiger charge is 2.23. The van der Waals surface area contributed by atoms with Crippen molar-refractivity contribution in [3.05, 3.63) is 23.5 Å². The molecule has 0 radical (unpaired) electrons. The Labute approximate surface area is 86.3 Å². The van der Waals surface area contributed by atoms with E-state index >= 15 is 0 Å². The van der Waals surface area contributed by atoms with Crippen molar-refractivity contribution in [3.63, 3.8) is 0 Å². The Balaban J connectivity index is 3.66. The molecular formula is C9H9FO4S. The van der Waals surface area contributed by atoms with Crippen molar-refractivity contribution >= 4 is 15.6 Å². The zero-order valence-electron chi connectivity index (χ0n) is 8.11. The van der Waals surface area contributed by atoms with Crippen LogP contribution in [0.5, 0.6) is 5.75 Å². The lowest BCUT2D eigenvalue weighted by Gasteiger charge is -2.06. The molecule has 0 amide bonds. The molecule has 0 atom stereocenters. The van der Waals surface area contributed by atoms with Gasteiger partial charge >= 0.3 is 0 Å². The Bertz CT molecular complexity index is 519. The quantitative estimate of drug-likeness (QED) is 0.776. The maximum atomic E-state index is 13.5. The van der Waals surface area contributed by atoms with Gasteiger partial charge in [0, 0.05) is 6.26 Å². The van der Waals surface area contributed by atoms with E-state index in [0.29, 0.717) is 0 Å². The molecule has 0 saturated carbocycles. The first-order valence-electron chi connectivity index (χ1n) is 3.97. The lowest BCUT2D eigenvalue weighted by molar-refractivity contribution is 0.101. The molecule has 0 aliphatic heterocycles.